The number of amides is 2. The summed E-state index contributed by atoms with van der Waals surface area (Å²) in [4.78, 5) is 34.7. The highest BCUT2D eigenvalue weighted by Gasteiger charge is 2.29. The zero-order valence-corrected chi connectivity index (χ0v) is 17.8. The standard InChI is InChI=1S/C24H28N2O5/c1-15(11-12-22(27)26-16(2)23(28)29)13-25-24(30)31-14-21-19-9-5-3-7-17(19)18-8-4-6-10-20(18)21/h3-10,15-16,21H,11-14H2,1-2H3,(H,25,30)(H,26,27)(H,28,29)/t15?,16-/m0/s1. The summed E-state index contributed by atoms with van der Waals surface area (Å²) in [7, 11) is 0. The van der Waals surface area contributed by atoms with Crippen LogP contribution in [0.15, 0.2) is 48.5 Å². The summed E-state index contributed by atoms with van der Waals surface area (Å²) < 4.78 is 5.50. The number of rotatable bonds is 9. The Hall–Kier alpha value is -3.35. The van der Waals surface area contributed by atoms with E-state index < -0.39 is 18.1 Å². The highest BCUT2D eigenvalue weighted by Crippen LogP contribution is 2.44. The van der Waals surface area contributed by atoms with E-state index in [1.165, 1.54) is 18.1 Å². The molecule has 0 aliphatic heterocycles. The fourth-order valence-electron chi connectivity index (χ4n) is 3.76. The van der Waals surface area contributed by atoms with Crippen LogP contribution in [-0.2, 0) is 14.3 Å². The van der Waals surface area contributed by atoms with E-state index in [2.05, 4.69) is 34.9 Å². The van der Waals surface area contributed by atoms with Crippen LogP contribution >= 0.6 is 0 Å². The summed E-state index contributed by atoms with van der Waals surface area (Å²) in [5.74, 6) is -1.33. The van der Waals surface area contributed by atoms with Crippen LogP contribution in [0.4, 0.5) is 4.79 Å². The van der Waals surface area contributed by atoms with Crippen molar-refractivity contribution in [3.05, 3.63) is 59.7 Å². The van der Waals surface area contributed by atoms with Crippen molar-refractivity contribution in [1.82, 2.24) is 10.6 Å². The predicted molar refractivity (Wildman–Crippen MR) is 117 cm³/mol. The van der Waals surface area contributed by atoms with Crippen molar-refractivity contribution in [3.8, 4) is 11.1 Å². The lowest BCUT2D eigenvalue weighted by atomic mass is 9.98. The molecular formula is C24H28N2O5. The number of nitrogens with one attached hydrogen (secondary N) is 2. The molecule has 0 saturated heterocycles. The maximum absolute atomic E-state index is 12.2. The number of benzene rings is 2. The fourth-order valence-corrected chi connectivity index (χ4v) is 3.76. The van der Waals surface area contributed by atoms with Crippen molar-refractivity contribution < 1.29 is 24.2 Å². The van der Waals surface area contributed by atoms with Gasteiger partial charge in [0.1, 0.15) is 12.6 Å². The van der Waals surface area contributed by atoms with E-state index in [9.17, 15) is 14.4 Å². The number of hydrogen-bond donors (Lipinski definition) is 3. The molecule has 0 radical (unpaired) electrons. The molecule has 3 rings (SSSR count). The Bertz CT molecular complexity index is 913. The number of fused-ring (bicyclic) bond motifs is 3. The molecule has 1 unspecified atom stereocenters. The van der Waals surface area contributed by atoms with Gasteiger partial charge in [-0.1, -0.05) is 55.5 Å². The van der Waals surface area contributed by atoms with Crippen LogP contribution in [0.1, 0.15) is 43.7 Å². The number of carbonyl (C=O) groups is 3. The average Bonchev–Trinajstić information content (AvgIpc) is 3.08. The monoisotopic (exact) mass is 424 g/mol. The lowest BCUT2D eigenvalue weighted by Crippen LogP contribution is -2.38. The minimum Gasteiger partial charge on any atom is -0.480 e. The molecule has 1 aliphatic rings. The first-order valence-electron chi connectivity index (χ1n) is 10.5. The van der Waals surface area contributed by atoms with Gasteiger partial charge >= 0.3 is 12.1 Å². The number of alkyl carbamates (subject to hydrolysis) is 1. The van der Waals surface area contributed by atoms with Gasteiger partial charge in [-0.15, -0.1) is 0 Å². The van der Waals surface area contributed by atoms with Crippen LogP contribution in [0.25, 0.3) is 11.1 Å². The normalized spacial score (nSPS) is 14.1. The molecule has 0 spiro atoms. The molecule has 3 N–H and O–H groups in total. The topological polar surface area (TPSA) is 105 Å². The zero-order chi connectivity index (χ0) is 22.4. The smallest absolute Gasteiger partial charge is 0.407 e. The molecule has 2 aromatic carbocycles. The van der Waals surface area contributed by atoms with E-state index in [0.29, 0.717) is 13.0 Å². The van der Waals surface area contributed by atoms with E-state index >= 15 is 0 Å². The number of carboxylic acid groups (broad SMARTS) is 1. The summed E-state index contributed by atoms with van der Waals surface area (Å²) in [6.07, 6.45) is 0.241. The summed E-state index contributed by atoms with van der Waals surface area (Å²) in [5.41, 5.74) is 4.67. The molecule has 164 valence electrons. The lowest BCUT2D eigenvalue weighted by Gasteiger charge is -2.16. The van der Waals surface area contributed by atoms with Gasteiger partial charge in [0.05, 0.1) is 0 Å². The molecule has 31 heavy (non-hydrogen) atoms. The van der Waals surface area contributed by atoms with Gasteiger partial charge in [0.2, 0.25) is 5.91 Å². The minimum absolute atomic E-state index is 0.00972. The Labute approximate surface area is 181 Å². The molecule has 0 saturated carbocycles. The molecular weight excluding hydrogens is 396 g/mol. The molecule has 7 nitrogen and oxygen atoms in total. The number of carbonyl (C=O) groups excluding carboxylic acids is 2. The lowest BCUT2D eigenvalue weighted by molar-refractivity contribution is -0.141. The van der Waals surface area contributed by atoms with Gasteiger partial charge in [0.15, 0.2) is 0 Å². The van der Waals surface area contributed by atoms with Gasteiger partial charge in [-0.2, -0.15) is 0 Å². The maximum atomic E-state index is 12.2. The van der Waals surface area contributed by atoms with Crippen LogP contribution in [0.5, 0.6) is 0 Å². The predicted octanol–water partition coefficient (Wildman–Crippen LogP) is 3.53. The van der Waals surface area contributed by atoms with E-state index in [0.717, 1.165) is 11.1 Å². The Kier molecular flexibility index (Phi) is 7.28. The van der Waals surface area contributed by atoms with Gasteiger partial charge in [-0.25, -0.2) is 4.79 Å². The van der Waals surface area contributed by atoms with Crippen molar-refractivity contribution in [3.63, 3.8) is 0 Å². The first-order valence-corrected chi connectivity index (χ1v) is 10.5. The van der Waals surface area contributed by atoms with Crippen molar-refractivity contribution in [2.45, 2.75) is 38.6 Å². The second-order valence-corrected chi connectivity index (χ2v) is 7.98. The second kappa shape index (κ2) is 10.1. The number of carboxylic acids is 1. The number of ether oxygens (including phenoxy) is 1. The Morgan fingerprint density at radius 2 is 1.58 bits per heavy atom. The first-order chi connectivity index (χ1) is 14.9. The molecule has 1 aliphatic carbocycles. The van der Waals surface area contributed by atoms with Crippen molar-refractivity contribution in [2.75, 3.05) is 13.2 Å². The quantitative estimate of drug-likeness (QED) is 0.571. The molecule has 0 bridgehead atoms. The van der Waals surface area contributed by atoms with Gasteiger partial charge in [-0.3, -0.25) is 9.59 Å². The molecule has 0 aromatic heterocycles. The maximum Gasteiger partial charge on any atom is 0.407 e. The Morgan fingerprint density at radius 3 is 2.16 bits per heavy atom. The molecule has 0 fully saturated rings. The fraction of sp³-hybridized carbons (Fsp3) is 0.375. The van der Waals surface area contributed by atoms with E-state index in [1.807, 2.05) is 31.2 Å². The third kappa shape index (κ3) is 5.63. The SMILES string of the molecule is CC(CCC(=O)N[C@@H](C)C(=O)O)CNC(=O)OCC1c2ccccc2-c2ccccc21. The molecule has 2 atom stereocenters. The van der Waals surface area contributed by atoms with Crippen molar-refractivity contribution in [2.24, 2.45) is 5.92 Å². The third-order valence-electron chi connectivity index (χ3n) is 5.55. The largest absolute Gasteiger partial charge is 0.480 e. The van der Waals surface area contributed by atoms with Crippen LogP contribution in [0.2, 0.25) is 0 Å². The summed E-state index contributed by atoms with van der Waals surface area (Å²) >= 11 is 0. The zero-order valence-electron chi connectivity index (χ0n) is 17.8. The molecule has 0 heterocycles. The van der Waals surface area contributed by atoms with E-state index in [1.54, 1.807) is 0 Å². The van der Waals surface area contributed by atoms with Crippen LogP contribution in [0.3, 0.4) is 0 Å². The Balaban J connectivity index is 1.44. The van der Waals surface area contributed by atoms with Gasteiger partial charge in [0, 0.05) is 18.9 Å². The highest BCUT2D eigenvalue weighted by atomic mass is 16.5. The van der Waals surface area contributed by atoms with Crippen LogP contribution in [-0.4, -0.2) is 42.3 Å². The van der Waals surface area contributed by atoms with Crippen molar-refractivity contribution in [1.29, 1.82) is 0 Å². The van der Waals surface area contributed by atoms with E-state index in [4.69, 9.17) is 9.84 Å². The van der Waals surface area contributed by atoms with Crippen LogP contribution < -0.4 is 10.6 Å². The minimum atomic E-state index is -1.07. The summed E-state index contributed by atoms with van der Waals surface area (Å²) in [5, 5.41) is 14.0. The molecule has 2 amide bonds. The van der Waals surface area contributed by atoms with Gasteiger partial charge < -0.3 is 20.5 Å². The van der Waals surface area contributed by atoms with E-state index in [-0.39, 0.29) is 30.8 Å². The third-order valence-corrected chi connectivity index (χ3v) is 5.55. The number of aliphatic carboxylic acids is 1. The summed E-state index contributed by atoms with van der Waals surface area (Å²) in [6.45, 7) is 3.96. The average molecular weight is 424 g/mol. The molecule has 2 aromatic rings. The Morgan fingerprint density at radius 1 is 1.00 bits per heavy atom. The van der Waals surface area contributed by atoms with Gasteiger partial charge in [-0.05, 0) is 41.5 Å². The van der Waals surface area contributed by atoms with Crippen LogP contribution in [0, 0.1) is 5.92 Å². The first kappa shape index (κ1) is 22.3. The summed E-state index contributed by atoms with van der Waals surface area (Å²) in [6, 6.07) is 15.4. The van der Waals surface area contributed by atoms with Gasteiger partial charge in [0.25, 0.3) is 0 Å². The highest BCUT2D eigenvalue weighted by molar-refractivity contribution is 5.83. The molecule has 7 heteroatoms. The number of hydrogen-bond acceptors (Lipinski definition) is 4. The van der Waals surface area contributed by atoms with Crippen molar-refractivity contribution >= 4 is 18.0 Å². The second-order valence-electron chi connectivity index (χ2n) is 7.98.